The largest absolute Gasteiger partial charge is 0.342 e. The lowest BCUT2D eigenvalue weighted by Crippen LogP contribution is -2.45. The molecule has 1 saturated heterocycles. The van der Waals surface area contributed by atoms with Gasteiger partial charge in [0.15, 0.2) is 0 Å². The predicted octanol–water partition coefficient (Wildman–Crippen LogP) is 4.36. The number of benzene rings is 3. The van der Waals surface area contributed by atoms with Crippen molar-refractivity contribution in [3.63, 3.8) is 0 Å². The van der Waals surface area contributed by atoms with Crippen LogP contribution in [0.15, 0.2) is 95.9 Å². The van der Waals surface area contributed by atoms with Crippen molar-refractivity contribution in [1.29, 1.82) is 0 Å². The second kappa shape index (κ2) is 10.8. The summed E-state index contributed by atoms with van der Waals surface area (Å²) in [7, 11) is -3.80. The van der Waals surface area contributed by atoms with Crippen LogP contribution in [-0.4, -0.2) is 43.2 Å². The van der Waals surface area contributed by atoms with E-state index in [1.54, 1.807) is 30.3 Å². The summed E-state index contributed by atoms with van der Waals surface area (Å²) in [5.74, 6) is 0.411. The summed E-state index contributed by atoms with van der Waals surface area (Å²) in [6.07, 6.45) is 2.89. The molecule has 0 aromatic heterocycles. The fourth-order valence-corrected chi connectivity index (χ4v) is 5.74. The second-order valence-corrected chi connectivity index (χ2v) is 10.5. The highest BCUT2D eigenvalue weighted by atomic mass is 32.2. The first-order chi connectivity index (χ1) is 16.0. The van der Waals surface area contributed by atoms with Gasteiger partial charge in [-0.05, 0) is 48.4 Å². The van der Waals surface area contributed by atoms with Gasteiger partial charge in [0, 0.05) is 19.6 Å². The molecule has 0 spiro atoms. The van der Waals surface area contributed by atoms with Crippen LogP contribution < -0.4 is 0 Å². The average molecular weight is 463 g/mol. The number of hydrogen-bond acceptors (Lipinski definition) is 3. The van der Waals surface area contributed by atoms with Crippen molar-refractivity contribution in [1.82, 2.24) is 9.21 Å². The summed E-state index contributed by atoms with van der Waals surface area (Å²) in [6.45, 7) is 1.34. The van der Waals surface area contributed by atoms with Crippen LogP contribution in [0.2, 0.25) is 0 Å². The zero-order valence-electron chi connectivity index (χ0n) is 18.7. The Labute approximate surface area is 196 Å². The molecule has 172 valence electrons. The first-order valence-electron chi connectivity index (χ1n) is 11.4. The number of hydrogen-bond donors (Lipinski definition) is 0. The van der Waals surface area contributed by atoms with E-state index in [0.717, 1.165) is 24.8 Å². The lowest BCUT2D eigenvalue weighted by Gasteiger charge is -2.33. The number of nitrogens with zero attached hydrogens (tertiary/aromatic N) is 2. The van der Waals surface area contributed by atoms with Crippen LogP contribution in [0.4, 0.5) is 0 Å². The Morgan fingerprint density at radius 2 is 1.30 bits per heavy atom. The van der Waals surface area contributed by atoms with Gasteiger partial charge < -0.3 is 4.90 Å². The van der Waals surface area contributed by atoms with Crippen molar-refractivity contribution >= 4 is 15.9 Å². The average Bonchev–Trinajstić information content (AvgIpc) is 2.86. The number of amides is 1. The molecule has 3 aromatic rings. The van der Waals surface area contributed by atoms with Crippen LogP contribution in [0, 0.1) is 5.92 Å². The Morgan fingerprint density at radius 3 is 1.88 bits per heavy atom. The minimum Gasteiger partial charge on any atom is -0.342 e. The maximum atomic E-state index is 13.4. The summed E-state index contributed by atoms with van der Waals surface area (Å²) < 4.78 is 28.0. The summed E-state index contributed by atoms with van der Waals surface area (Å²) in [5.41, 5.74) is 2.18. The van der Waals surface area contributed by atoms with Crippen LogP contribution in [-0.2, 0) is 27.8 Å². The molecule has 0 saturated carbocycles. The molecule has 33 heavy (non-hydrogen) atoms. The van der Waals surface area contributed by atoms with Crippen LogP contribution >= 0.6 is 0 Å². The van der Waals surface area contributed by atoms with Gasteiger partial charge in [-0.2, -0.15) is 4.31 Å². The first-order valence-corrected chi connectivity index (χ1v) is 12.9. The molecular weight excluding hydrogens is 432 g/mol. The maximum absolute atomic E-state index is 13.4. The molecule has 5 nitrogen and oxygen atoms in total. The van der Waals surface area contributed by atoms with Crippen molar-refractivity contribution in [2.75, 3.05) is 19.6 Å². The highest BCUT2D eigenvalue weighted by Gasteiger charge is 2.30. The smallest absolute Gasteiger partial charge is 0.243 e. The van der Waals surface area contributed by atoms with Gasteiger partial charge in [0.25, 0.3) is 0 Å². The minimum atomic E-state index is -3.80. The normalized spacial score (nSPS) is 15.0. The third-order valence-electron chi connectivity index (χ3n) is 6.23. The summed E-state index contributed by atoms with van der Waals surface area (Å²) in [4.78, 5) is 15.2. The lowest BCUT2D eigenvalue weighted by molar-refractivity contribution is -0.132. The topological polar surface area (TPSA) is 57.7 Å². The quantitative estimate of drug-likeness (QED) is 0.500. The third-order valence-corrected chi connectivity index (χ3v) is 8.03. The van der Waals surface area contributed by atoms with Gasteiger partial charge >= 0.3 is 0 Å². The number of piperidine rings is 1. The molecule has 0 radical (unpaired) electrons. The van der Waals surface area contributed by atoms with Gasteiger partial charge in [0.05, 0.1) is 11.4 Å². The van der Waals surface area contributed by atoms with Gasteiger partial charge in [0.2, 0.25) is 15.9 Å². The zero-order chi connectivity index (χ0) is 23.1. The molecule has 1 fully saturated rings. The number of carbonyl (C=O) groups is 1. The van der Waals surface area contributed by atoms with Crippen LogP contribution in [0.25, 0.3) is 0 Å². The SMILES string of the molecule is O=C(CN(Cc1ccccc1)S(=O)(=O)c1ccccc1)N1CCC(Cc2ccccc2)CC1. The van der Waals surface area contributed by atoms with Crippen molar-refractivity contribution in [3.8, 4) is 0 Å². The van der Waals surface area contributed by atoms with E-state index in [-0.39, 0.29) is 23.9 Å². The number of carbonyl (C=O) groups excluding carboxylic acids is 1. The van der Waals surface area contributed by atoms with E-state index in [1.165, 1.54) is 9.87 Å². The van der Waals surface area contributed by atoms with Crippen molar-refractivity contribution in [2.45, 2.75) is 30.7 Å². The van der Waals surface area contributed by atoms with Crippen LogP contribution in [0.5, 0.6) is 0 Å². The van der Waals surface area contributed by atoms with Crippen molar-refractivity contribution in [2.24, 2.45) is 5.92 Å². The molecule has 0 unspecified atom stereocenters. The molecule has 0 N–H and O–H groups in total. The fourth-order valence-electron chi connectivity index (χ4n) is 4.34. The van der Waals surface area contributed by atoms with E-state index >= 15 is 0 Å². The van der Waals surface area contributed by atoms with Gasteiger partial charge in [-0.3, -0.25) is 4.79 Å². The molecule has 1 aliphatic heterocycles. The maximum Gasteiger partial charge on any atom is 0.243 e. The molecule has 0 bridgehead atoms. The van der Waals surface area contributed by atoms with E-state index in [2.05, 4.69) is 24.3 Å². The first kappa shape index (κ1) is 23.2. The Hall–Kier alpha value is -2.96. The van der Waals surface area contributed by atoms with Gasteiger partial charge in [-0.15, -0.1) is 0 Å². The highest BCUT2D eigenvalue weighted by molar-refractivity contribution is 7.89. The molecule has 1 aliphatic rings. The van der Waals surface area contributed by atoms with E-state index in [4.69, 9.17) is 0 Å². The van der Waals surface area contributed by atoms with E-state index in [9.17, 15) is 13.2 Å². The molecule has 4 rings (SSSR count). The van der Waals surface area contributed by atoms with Crippen LogP contribution in [0.3, 0.4) is 0 Å². The predicted molar refractivity (Wildman–Crippen MR) is 130 cm³/mol. The summed E-state index contributed by atoms with van der Waals surface area (Å²) in [5, 5.41) is 0. The second-order valence-electron chi connectivity index (χ2n) is 8.59. The van der Waals surface area contributed by atoms with E-state index in [1.807, 2.05) is 41.3 Å². The monoisotopic (exact) mass is 462 g/mol. The molecule has 1 heterocycles. The van der Waals surface area contributed by atoms with Crippen LogP contribution in [0.1, 0.15) is 24.0 Å². The molecule has 6 heteroatoms. The molecule has 0 aliphatic carbocycles. The Kier molecular flexibility index (Phi) is 7.57. The minimum absolute atomic E-state index is 0.136. The van der Waals surface area contributed by atoms with Gasteiger partial charge in [-0.25, -0.2) is 8.42 Å². The number of likely N-dealkylation sites (tertiary alicyclic amines) is 1. The summed E-state index contributed by atoms with van der Waals surface area (Å²) >= 11 is 0. The van der Waals surface area contributed by atoms with Crippen molar-refractivity contribution in [3.05, 3.63) is 102 Å². The van der Waals surface area contributed by atoms with E-state index in [0.29, 0.717) is 19.0 Å². The molecule has 1 amide bonds. The van der Waals surface area contributed by atoms with Gasteiger partial charge in [0.1, 0.15) is 0 Å². The van der Waals surface area contributed by atoms with Crippen molar-refractivity contribution < 1.29 is 13.2 Å². The lowest BCUT2D eigenvalue weighted by atomic mass is 9.90. The zero-order valence-corrected chi connectivity index (χ0v) is 19.5. The third kappa shape index (κ3) is 6.09. The Morgan fingerprint density at radius 1 is 0.788 bits per heavy atom. The summed E-state index contributed by atoms with van der Waals surface area (Å²) in [6, 6.07) is 28.2. The van der Waals surface area contributed by atoms with Gasteiger partial charge in [-0.1, -0.05) is 78.9 Å². The standard InChI is InChI=1S/C27H30N2O3S/c30-27(28-18-16-24(17-19-28)20-23-10-4-1-5-11-23)22-29(21-25-12-6-2-7-13-25)33(31,32)26-14-8-3-9-15-26/h1-15,24H,16-22H2. The van der Waals surface area contributed by atoms with E-state index < -0.39 is 10.0 Å². The molecule has 3 aromatic carbocycles. The number of rotatable bonds is 8. The Bertz CT molecular complexity index is 1130. The Balaban J connectivity index is 1.43. The number of sulfonamides is 1. The molecule has 0 atom stereocenters. The molecular formula is C27H30N2O3S. The highest BCUT2D eigenvalue weighted by Crippen LogP contribution is 2.23. The fraction of sp³-hybridized carbons (Fsp3) is 0.296.